The van der Waals surface area contributed by atoms with Crippen molar-refractivity contribution in [3.63, 3.8) is 0 Å². The molecule has 2 aromatic heterocycles. The van der Waals surface area contributed by atoms with E-state index >= 15 is 0 Å². The third kappa shape index (κ3) is 3.66. The van der Waals surface area contributed by atoms with Gasteiger partial charge >= 0.3 is 0 Å². The average molecular weight is 374 g/mol. The van der Waals surface area contributed by atoms with Gasteiger partial charge < -0.3 is 10.6 Å². The smallest absolute Gasteiger partial charge is 0.273 e. The Bertz CT molecular complexity index is 594. The summed E-state index contributed by atoms with van der Waals surface area (Å²) in [6, 6.07) is 3.89. The van der Waals surface area contributed by atoms with Crippen molar-refractivity contribution in [3.8, 4) is 0 Å². The number of rotatable bonds is 5. The molecule has 1 atom stereocenters. The molecule has 0 saturated carbocycles. The number of halogens is 1. The van der Waals surface area contributed by atoms with Crippen LogP contribution < -0.4 is 5.73 Å². The van der Waals surface area contributed by atoms with Gasteiger partial charge in [-0.3, -0.25) is 4.79 Å². The first kappa shape index (κ1) is 15.6. The van der Waals surface area contributed by atoms with Crippen LogP contribution in [0.25, 0.3) is 0 Å². The Balaban J connectivity index is 2.11. The summed E-state index contributed by atoms with van der Waals surface area (Å²) in [6.07, 6.45) is 0. The summed E-state index contributed by atoms with van der Waals surface area (Å²) in [6.45, 7) is 5.10. The Labute approximate surface area is 134 Å². The monoisotopic (exact) mass is 373 g/mol. The topological polar surface area (TPSA) is 59.2 Å². The van der Waals surface area contributed by atoms with E-state index < -0.39 is 0 Å². The number of hydrogen-bond donors (Lipinski definition) is 1. The SMILES string of the molecule is CCN(Cc1ccc(Br)s1)C(=O)c1csc(C(C)N)n1. The Morgan fingerprint density at radius 3 is 2.80 bits per heavy atom. The summed E-state index contributed by atoms with van der Waals surface area (Å²) in [5.41, 5.74) is 6.27. The van der Waals surface area contributed by atoms with E-state index in [0.717, 1.165) is 13.7 Å². The van der Waals surface area contributed by atoms with Crippen LogP contribution in [-0.4, -0.2) is 22.3 Å². The predicted octanol–water partition coefficient (Wildman–Crippen LogP) is 3.65. The minimum atomic E-state index is -0.134. The number of hydrogen-bond acceptors (Lipinski definition) is 5. The number of nitrogens with zero attached hydrogens (tertiary/aromatic N) is 2. The summed E-state index contributed by atoms with van der Waals surface area (Å²) in [5.74, 6) is -0.0415. The maximum Gasteiger partial charge on any atom is 0.273 e. The van der Waals surface area contributed by atoms with Crippen LogP contribution in [0, 0.1) is 0 Å². The minimum Gasteiger partial charge on any atom is -0.332 e. The molecule has 0 spiro atoms. The van der Waals surface area contributed by atoms with Crippen LogP contribution in [0.1, 0.15) is 40.3 Å². The molecular formula is C13H16BrN3OS2. The lowest BCUT2D eigenvalue weighted by atomic mass is 10.3. The Morgan fingerprint density at radius 1 is 1.55 bits per heavy atom. The van der Waals surface area contributed by atoms with E-state index in [1.165, 1.54) is 11.3 Å². The zero-order valence-electron chi connectivity index (χ0n) is 11.3. The molecule has 4 nitrogen and oxygen atoms in total. The van der Waals surface area contributed by atoms with E-state index in [1.807, 2.05) is 26.0 Å². The molecule has 2 N–H and O–H groups in total. The lowest BCUT2D eigenvalue weighted by Crippen LogP contribution is -2.30. The number of aromatic nitrogens is 1. The largest absolute Gasteiger partial charge is 0.332 e. The number of carbonyl (C=O) groups is 1. The second-order valence-electron chi connectivity index (χ2n) is 4.38. The fraction of sp³-hybridized carbons (Fsp3) is 0.385. The molecule has 2 rings (SSSR count). The second kappa shape index (κ2) is 6.80. The predicted molar refractivity (Wildman–Crippen MR) is 87.1 cm³/mol. The minimum absolute atomic E-state index is 0.0415. The lowest BCUT2D eigenvalue weighted by molar-refractivity contribution is 0.0749. The molecule has 0 aliphatic heterocycles. The fourth-order valence-corrected chi connectivity index (χ4v) is 3.96. The molecule has 0 saturated heterocycles. The van der Waals surface area contributed by atoms with Crippen molar-refractivity contribution in [2.45, 2.75) is 26.4 Å². The molecule has 0 bridgehead atoms. The first-order chi connectivity index (χ1) is 9.51. The van der Waals surface area contributed by atoms with Crippen molar-refractivity contribution in [1.82, 2.24) is 9.88 Å². The van der Waals surface area contributed by atoms with Gasteiger partial charge in [0, 0.05) is 16.8 Å². The molecule has 0 fully saturated rings. The van der Waals surface area contributed by atoms with Gasteiger partial charge in [0.15, 0.2) is 0 Å². The maximum absolute atomic E-state index is 12.4. The zero-order chi connectivity index (χ0) is 14.7. The van der Waals surface area contributed by atoms with Gasteiger partial charge in [-0.2, -0.15) is 0 Å². The lowest BCUT2D eigenvalue weighted by Gasteiger charge is -2.18. The fourth-order valence-electron chi connectivity index (χ4n) is 1.71. The summed E-state index contributed by atoms with van der Waals surface area (Å²) in [7, 11) is 0. The van der Waals surface area contributed by atoms with Gasteiger partial charge in [-0.05, 0) is 41.9 Å². The molecule has 1 unspecified atom stereocenters. The van der Waals surface area contributed by atoms with Gasteiger partial charge in [0.1, 0.15) is 10.7 Å². The molecule has 1 amide bonds. The van der Waals surface area contributed by atoms with Gasteiger partial charge in [-0.25, -0.2) is 4.98 Å². The first-order valence-corrected chi connectivity index (χ1v) is 8.74. The van der Waals surface area contributed by atoms with E-state index in [-0.39, 0.29) is 11.9 Å². The van der Waals surface area contributed by atoms with Gasteiger partial charge in [-0.1, -0.05) is 0 Å². The van der Waals surface area contributed by atoms with E-state index in [0.29, 0.717) is 18.8 Å². The molecule has 20 heavy (non-hydrogen) atoms. The summed E-state index contributed by atoms with van der Waals surface area (Å²) in [5, 5.41) is 2.58. The van der Waals surface area contributed by atoms with Gasteiger partial charge in [0.25, 0.3) is 5.91 Å². The normalized spacial score (nSPS) is 12.4. The van der Waals surface area contributed by atoms with Crippen molar-refractivity contribution in [1.29, 1.82) is 0 Å². The van der Waals surface area contributed by atoms with Crippen LogP contribution in [-0.2, 0) is 6.54 Å². The Hall–Kier alpha value is -0.760. The first-order valence-electron chi connectivity index (χ1n) is 6.25. The van der Waals surface area contributed by atoms with Crippen molar-refractivity contribution >= 4 is 44.5 Å². The number of thiophene rings is 1. The molecule has 0 aromatic carbocycles. The molecule has 2 aromatic rings. The van der Waals surface area contributed by atoms with E-state index in [2.05, 4.69) is 20.9 Å². The highest BCUT2D eigenvalue weighted by atomic mass is 79.9. The molecule has 108 valence electrons. The highest BCUT2D eigenvalue weighted by molar-refractivity contribution is 9.11. The van der Waals surface area contributed by atoms with Gasteiger partial charge in [-0.15, -0.1) is 22.7 Å². The number of thiazole rings is 1. The van der Waals surface area contributed by atoms with Crippen LogP contribution in [0.3, 0.4) is 0 Å². The van der Waals surface area contributed by atoms with Crippen molar-refractivity contribution in [3.05, 3.63) is 36.9 Å². The Kier molecular flexibility index (Phi) is 5.31. The van der Waals surface area contributed by atoms with E-state index in [4.69, 9.17) is 5.73 Å². The molecular weight excluding hydrogens is 358 g/mol. The highest BCUT2D eigenvalue weighted by Crippen LogP contribution is 2.24. The third-order valence-electron chi connectivity index (χ3n) is 2.78. The van der Waals surface area contributed by atoms with Gasteiger partial charge in [0.2, 0.25) is 0 Å². The summed E-state index contributed by atoms with van der Waals surface area (Å²) < 4.78 is 1.07. The average Bonchev–Trinajstić information content (AvgIpc) is 3.04. The Morgan fingerprint density at radius 2 is 2.30 bits per heavy atom. The summed E-state index contributed by atoms with van der Waals surface area (Å²) in [4.78, 5) is 19.7. The second-order valence-corrected chi connectivity index (χ2v) is 7.82. The van der Waals surface area contributed by atoms with Crippen LogP contribution in [0.4, 0.5) is 0 Å². The number of carbonyl (C=O) groups excluding carboxylic acids is 1. The summed E-state index contributed by atoms with van der Waals surface area (Å²) >= 11 is 6.51. The third-order valence-corrected chi connectivity index (χ3v) is 5.43. The molecule has 7 heteroatoms. The van der Waals surface area contributed by atoms with Crippen molar-refractivity contribution < 1.29 is 4.79 Å². The van der Waals surface area contributed by atoms with E-state index in [9.17, 15) is 4.79 Å². The van der Waals surface area contributed by atoms with Crippen LogP contribution in [0.5, 0.6) is 0 Å². The molecule has 0 aliphatic rings. The molecule has 2 heterocycles. The van der Waals surface area contributed by atoms with Gasteiger partial charge in [0.05, 0.1) is 16.4 Å². The quantitative estimate of drug-likeness (QED) is 0.869. The van der Waals surface area contributed by atoms with Crippen LogP contribution in [0.15, 0.2) is 21.3 Å². The zero-order valence-corrected chi connectivity index (χ0v) is 14.5. The van der Waals surface area contributed by atoms with Crippen LogP contribution >= 0.6 is 38.6 Å². The molecule has 0 aliphatic carbocycles. The van der Waals surface area contributed by atoms with Crippen LogP contribution in [0.2, 0.25) is 0 Å². The molecule has 0 radical (unpaired) electrons. The highest BCUT2D eigenvalue weighted by Gasteiger charge is 2.19. The number of amides is 1. The van der Waals surface area contributed by atoms with Crippen molar-refractivity contribution in [2.24, 2.45) is 5.73 Å². The van der Waals surface area contributed by atoms with E-state index in [1.54, 1.807) is 21.6 Å². The number of nitrogens with two attached hydrogens (primary N) is 1. The van der Waals surface area contributed by atoms with Crippen molar-refractivity contribution in [2.75, 3.05) is 6.54 Å². The standard InChI is InChI=1S/C13H16BrN3OS2/c1-3-17(6-9-4-5-11(14)20-9)13(18)10-7-19-12(16-10)8(2)15/h4-5,7-8H,3,6,15H2,1-2H3. The maximum atomic E-state index is 12.4.